The molecule has 2 aromatic carbocycles. The Bertz CT molecular complexity index is 776. The van der Waals surface area contributed by atoms with Crippen LogP contribution in [0.5, 0.6) is 5.75 Å². The predicted molar refractivity (Wildman–Crippen MR) is 83.5 cm³/mol. The van der Waals surface area contributed by atoms with E-state index in [9.17, 15) is 19.7 Å². The van der Waals surface area contributed by atoms with E-state index in [2.05, 4.69) is 10.6 Å². The van der Waals surface area contributed by atoms with Crippen molar-refractivity contribution in [2.75, 3.05) is 10.6 Å². The van der Waals surface area contributed by atoms with Crippen LogP contribution in [0.1, 0.15) is 0 Å². The molecule has 0 fully saturated rings. The summed E-state index contributed by atoms with van der Waals surface area (Å²) in [7, 11) is 0. The molecule has 118 valence electrons. The van der Waals surface area contributed by atoms with Crippen LogP contribution in [-0.2, 0) is 9.59 Å². The molecule has 23 heavy (non-hydrogen) atoms. The summed E-state index contributed by atoms with van der Waals surface area (Å²) in [5.41, 5.74) is -0.0246. The molecule has 0 saturated heterocycles. The molecular formula is C14H10ClN3O5. The molecule has 0 aliphatic rings. The zero-order valence-electron chi connectivity index (χ0n) is 11.4. The van der Waals surface area contributed by atoms with Crippen molar-refractivity contribution in [3.8, 4) is 5.75 Å². The highest BCUT2D eigenvalue weighted by Crippen LogP contribution is 2.26. The van der Waals surface area contributed by atoms with Gasteiger partial charge in [-0.1, -0.05) is 11.6 Å². The lowest BCUT2D eigenvalue weighted by molar-refractivity contribution is -0.384. The lowest BCUT2D eigenvalue weighted by Gasteiger charge is -2.08. The molecule has 9 heteroatoms. The second kappa shape index (κ2) is 6.75. The van der Waals surface area contributed by atoms with E-state index in [4.69, 9.17) is 16.7 Å². The second-order valence-corrected chi connectivity index (χ2v) is 4.78. The third-order valence-corrected chi connectivity index (χ3v) is 3.07. The molecule has 0 spiro atoms. The average Bonchev–Trinajstić information content (AvgIpc) is 2.51. The summed E-state index contributed by atoms with van der Waals surface area (Å²) in [6, 6.07) is 8.95. The number of rotatable bonds is 3. The number of phenols is 1. The fourth-order valence-corrected chi connectivity index (χ4v) is 1.80. The number of benzene rings is 2. The number of non-ortho nitro benzene ring substituents is 1. The summed E-state index contributed by atoms with van der Waals surface area (Å²) in [5.74, 6) is -2.02. The molecule has 0 radical (unpaired) electrons. The number of amides is 2. The van der Waals surface area contributed by atoms with E-state index in [1.165, 1.54) is 36.4 Å². The average molecular weight is 336 g/mol. The van der Waals surface area contributed by atoms with E-state index in [0.717, 1.165) is 6.07 Å². The molecule has 0 heterocycles. The number of hydrogen-bond acceptors (Lipinski definition) is 5. The minimum Gasteiger partial charge on any atom is -0.508 e. The smallest absolute Gasteiger partial charge is 0.314 e. The molecule has 0 bridgehead atoms. The van der Waals surface area contributed by atoms with E-state index >= 15 is 0 Å². The highest BCUT2D eigenvalue weighted by molar-refractivity contribution is 6.44. The Morgan fingerprint density at radius 2 is 1.65 bits per heavy atom. The van der Waals surface area contributed by atoms with E-state index in [1.807, 2.05) is 0 Å². The van der Waals surface area contributed by atoms with Gasteiger partial charge in [0.05, 0.1) is 15.6 Å². The molecule has 0 unspecified atom stereocenters. The number of nitro groups is 1. The van der Waals surface area contributed by atoms with Gasteiger partial charge in [0.2, 0.25) is 0 Å². The Labute approximate surface area is 134 Å². The number of carbonyl (C=O) groups excluding carboxylic acids is 2. The van der Waals surface area contributed by atoms with Crippen molar-refractivity contribution in [3.63, 3.8) is 0 Å². The molecule has 0 atom stereocenters. The van der Waals surface area contributed by atoms with Crippen LogP contribution in [-0.4, -0.2) is 21.8 Å². The van der Waals surface area contributed by atoms with Gasteiger partial charge in [0.15, 0.2) is 0 Å². The molecule has 2 amide bonds. The van der Waals surface area contributed by atoms with Crippen LogP contribution in [0.3, 0.4) is 0 Å². The molecule has 0 aliphatic heterocycles. The standard InChI is InChI=1S/C14H10ClN3O5/c15-11-6-3-9(18(22)23)7-12(11)17-14(21)13(20)16-8-1-4-10(19)5-2-8/h1-7,19H,(H,16,20)(H,17,21). The van der Waals surface area contributed by atoms with Crippen LogP contribution < -0.4 is 10.6 Å². The lowest BCUT2D eigenvalue weighted by atomic mass is 10.2. The van der Waals surface area contributed by atoms with Gasteiger partial charge in [0, 0.05) is 17.8 Å². The third kappa shape index (κ3) is 4.17. The van der Waals surface area contributed by atoms with Crippen molar-refractivity contribution in [1.29, 1.82) is 0 Å². The summed E-state index contributed by atoms with van der Waals surface area (Å²) >= 11 is 5.83. The van der Waals surface area contributed by atoms with Gasteiger partial charge in [0.25, 0.3) is 5.69 Å². The van der Waals surface area contributed by atoms with Gasteiger partial charge in [-0.05, 0) is 30.3 Å². The van der Waals surface area contributed by atoms with Crippen molar-refractivity contribution in [1.82, 2.24) is 0 Å². The zero-order chi connectivity index (χ0) is 17.0. The Morgan fingerprint density at radius 3 is 2.26 bits per heavy atom. The Hall–Kier alpha value is -3.13. The molecule has 2 rings (SSSR count). The summed E-state index contributed by atoms with van der Waals surface area (Å²) in [6.07, 6.45) is 0. The molecule has 0 saturated carbocycles. The van der Waals surface area contributed by atoms with Crippen LogP contribution in [0.25, 0.3) is 0 Å². The van der Waals surface area contributed by atoms with Gasteiger partial charge in [0.1, 0.15) is 5.75 Å². The van der Waals surface area contributed by atoms with Crippen molar-refractivity contribution in [2.45, 2.75) is 0 Å². The summed E-state index contributed by atoms with van der Waals surface area (Å²) in [6.45, 7) is 0. The predicted octanol–water partition coefficient (Wildman–Crippen LogP) is 2.53. The Balaban J connectivity index is 2.09. The number of carbonyl (C=O) groups is 2. The largest absolute Gasteiger partial charge is 0.508 e. The first-order chi connectivity index (χ1) is 10.9. The molecule has 2 aromatic rings. The first-order valence-electron chi connectivity index (χ1n) is 6.22. The van der Waals surface area contributed by atoms with Gasteiger partial charge >= 0.3 is 11.8 Å². The fraction of sp³-hybridized carbons (Fsp3) is 0. The van der Waals surface area contributed by atoms with Crippen LogP contribution in [0.15, 0.2) is 42.5 Å². The van der Waals surface area contributed by atoms with Crippen LogP contribution in [0.4, 0.5) is 17.1 Å². The van der Waals surface area contributed by atoms with Gasteiger partial charge in [-0.2, -0.15) is 0 Å². The number of anilines is 2. The van der Waals surface area contributed by atoms with Gasteiger partial charge in [-0.3, -0.25) is 19.7 Å². The molecule has 3 N–H and O–H groups in total. The number of nitro benzene ring substituents is 1. The molecule has 0 aromatic heterocycles. The molecule has 8 nitrogen and oxygen atoms in total. The summed E-state index contributed by atoms with van der Waals surface area (Å²) in [4.78, 5) is 33.6. The number of nitrogens with zero attached hydrogens (tertiary/aromatic N) is 1. The van der Waals surface area contributed by atoms with Crippen LogP contribution in [0, 0.1) is 10.1 Å². The van der Waals surface area contributed by atoms with Gasteiger partial charge < -0.3 is 15.7 Å². The Morgan fingerprint density at radius 1 is 1.04 bits per heavy atom. The minimum atomic E-state index is -1.04. The second-order valence-electron chi connectivity index (χ2n) is 4.38. The molecule has 0 aliphatic carbocycles. The number of hydrogen-bond donors (Lipinski definition) is 3. The van der Waals surface area contributed by atoms with E-state index in [1.54, 1.807) is 0 Å². The lowest BCUT2D eigenvalue weighted by Crippen LogP contribution is -2.29. The maximum absolute atomic E-state index is 11.8. The van der Waals surface area contributed by atoms with Crippen molar-refractivity contribution in [2.24, 2.45) is 0 Å². The quantitative estimate of drug-likeness (QED) is 0.344. The Kier molecular flexibility index (Phi) is 4.77. The van der Waals surface area contributed by atoms with Crippen molar-refractivity contribution in [3.05, 3.63) is 57.6 Å². The molecular weight excluding hydrogens is 326 g/mol. The maximum atomic E-state index is 11.8. The van der Waals surface area contributed by atoms with E-state index in [0.29, 0.717) is 5.69 Å². The first kappa shape index (κ1) is 16.2. The summed E-state index contributed by atoms with van der Waals surface area (Å²) in [5, 5.41) is 24.4. The number of phenolic OH excluding ortho intramolecular Hbond substituents is 1. The monoisotopic (exact) mass is 335 g/mol. The van der Waals surface area contributed by atoms with E-state index < -0.39 is 16.7 Å². The number of aromatic hydroxyl groups is 1. The van der Waals surface area contributed by atoms with Gasteiger partial charge in [-0.15, -0.1) is 0 Å². The first-order valence-corrected chi connectivity index (χ1v) is 6.60. The van der Waals surface area contributed by atoms with E-state index in [-0.39, 0.29) is 22.1 Å². The van der Waals surface area contributed by atoms with Crippen molar-refractivity contribution >= 4 is 40.5 Å². The number of nitrogens with one attached hydrogen (secondary N) is 2. The number of halogens is 1. The highest BCUT2D eigenvalue weighted by atomic mass is 35.5. The van der Waals surface area contributed by atoms with Crippen LogP contribution in [0.2, 0.25) is 5.02 Å². The zero-order valence-corrected chi connectivity index (χ0v) is 12.2. The van der Waals surface area contributed by atoms with Gasteiger partial charge in [-0.25, -0.2) is 0 Å². The summed E-state index contributed by atoms with van der Waals surface area (Å²) < 4.78 is 0. The minimum absolute atomic E-state index is 0.0100. The van der Waals surface area contributed by atoms with Crippen molar-refractivity contribution < 1.29 is 19.6 Å². The third-order valence-electron chi connectivity index (χ3n) is 2.74. The SMILES string of the molecule is O=C(Nc1ccc(O)cc1)C(=O)Nc1cc([N+](=O)[O-])ccc1Cl. The van der Waals surface area contributed by atoms with Crippen LogP contribution >= 0.6 is 11.6 Å². The highest BCUT2D eigenvalue weighted by Gasteiger charge is 2.17. The normalized spacial score (nSPS) is 9.96. The maximum Gasteiger partial charge on any atom is 0.314 e. The topological polar surface area (TPSA) is 122 Å². The fourth-order valence-electron chi connectivity index (χ4n) is 1.63.